The van der Waals surface area contributed by atoms with Crippen molar-refractivity contribution in [3.8, 4) is 5.75 Å². The van der Waals surface area contributed by atoms with Crippen molar-refractivity contribution in [3.05, 3.63) is 110 Å². The Bertz CT molecular complexity index is 1390. The van der Waals surface area contributed by atoms with E-state index in [2.05, 4.69) is 0 Å². The standard InChI is InChI=1S/C25H22N2O5/c28-16-23(30)19-8-6-18(7-9-19)15-27-22-14-20(29)10-11-21(22)24(31)26(25(27)32)13-12-17-4-2-1-3-5-17/h1-11,14,28-29H,12-13,15-16H2. The van der Waals surface area contributed by atoms with Crippen LogP contribution in [-0.2, 0) is 19.5 Å². The Morgan fingerprint density at radius 1 is 0.844 bits per heavy atom. The molecule has 0 aliphatic heterocycles. The van der Waals surface area contributed by atoms with Gasteiger partial charge in [-0.2, -0.15) is 0 Å². The third kappa shape index (κ3) is 4.24. The van der Waals surface area contributed by atoms with E-state index in [1.807, 2.05) is 30.3 Å². The molecule has 0 fully saturated rings. The number of hydrogen-bond acceptors (Lipinski definition) is 5. The van der Waals surface area contributed by atoms with Gasteiger partial charge < -0.3 is 10.2 Å². The highest BCUT2D eigenvalue weighted by Crippen LogP contribution is 2.17. The second-order valence-corrected chi connectivity index (χ2v) is 7.54. The fourth-order valence-electron chi connectivity index (χ4n) is 3.71. The number of rotatable bonds is 7. The lowest BCUT2D eigenvalue weighted by Crippen LogP contribution is -2.40. The van der Waals surface area contributed by atoms with Crippen LogP contribution in [0, 0.1) is 0 Å². The van der Waals surface area contributed by atoms with Crippen molar-refractivity contribution in [2.75, 3.05) is 6.61 Å². The monoisotopic (exact) mass is 430 g/mol. The quantitative estimate of drug-likeness (QED) is 0.438. The average Bonchev–Trinajstić information content (AvgIpc) is 2.82. The molecule has 4 rings (SSSR count). The van der Waals surface area contributed by atoms with E-state index >= 15 is 0 Å². The number of nitrogens with zero attached hydrogens (tertiary/aromatic N) is 2. The Balaban J connectivity index is 1.78. The summed E-state index contributed by atoms with van der Waals surface area (Å²) in [4.78, 5) is 38.0. The minimum absolute atomic E-state index is 0.0454. The second-order valence-electron chi connectivity index (χ2n) is 7.54. The second kappa shape index (κ2) is 9.03. The van der Waals surface area contributed by atoms with Gasteiger partial charge in [0.1, 0.15) is 12.4 Å². The highest BCUT2D eigenvalue weighted by Gasteiger charge is 2.15. The first-order valence-electron chi connectivity index (χ1n) is 10.2. The average molecular weight is 430 g/mol. The molecular formula is C25H22N2O5. The minimum atomic E-state index is -0.574. The number of ketones is 1. The summed E-state index contributed by atoms with van der Waals surface area (Å²) < 4.78 is 2.67. The maximum absolute atomic E-state index is 13.3. The molecule has 1 aromatic heterocycles. The van der Waals surface area contributed by atoms with Gasteiger partial charge in [0.25, 0.3) is 5.56 Å². The predicted octanol–water partition coefficient (Wildman–Crippen LogP) is 2.33. The van der Waals surface area contributed by atoms with Crippen LogP contribution in [0.5, 0.6) is 5.75 Å². The number of phenols is 1. The van der Waals surface area contributed by atoms with Crippen LogP contribution in [0.3, 0.4) is 0 Å². The normalized spacial score (nSPS) is 11.0. The van der Waals surface area contributed by atoms with E-state index in [0.29, 0.717) is 22.9 Å². The van der Waals surface area contributed by atoms with Crippen LogP contribution in [0.15, 0.2) is 82.4 Å². The molecule has 7 heteroatoms. The summed E-state index contributed by atoms with van der Waals surface area (Å²) in [5.41, 5.74) is 1.59. The predicted molar refractivity (Wildman–Crippen MR) is 121 cm³/mol. The van der Waals surface area contributed by atoms with E-state index in [0.717, 1.165) is 11.1 Å². The number of fused-ring (bicyclic) bond motifs is 1. The molecule has 0 aliphatic rings. The number of aliphatic hydroxyl groups excluding tert-OH is 1. The van der Waals surface area contributed by atoms with E-state index in [1.54, 1.807) is 24.3 Å². The van der Waals surface area contributed by atoms with Crippen LogP contribution in [0.1, 0.15) is 21.5 Å². The first-order valence-corrected chi connectivity index (χ1v) is 10.2. The van der Waals surface area contributed by atoms with Gasteiger partial charge in [0.15, 0.2) is 5.78 Å². The molecule has 0 amide bonds. The van der Waals surface area contributed by atoms with Crippen LogP contribution >= 0.6 is 0 Å². The lowest BCUT2D eigenvalue weighted by atomic mass is 10.1. The van der Waals surface area contributed by atoms with Crippen molar-refractivity contribution < 1.29 is 15.0 Å². The topological polar surface area (TPSA) is 102 Å². The molecule has 0 atom stereocenters. The Morgan fingerprint density at radius 3 is 2.25 bits per heavy atom. The molecule has 3 aromatic carbocycles. The van der Waals surface area contributed by atoms with E-state index < -0.39 is 23.6 Å². The molecule has 162 valence electrons. The van der Waals surface area contributed by atoms with Gasteiger partial charge in [-0.15, -0.1) is 0 Å². The summed E-state index contributed by atoms with van der Waals surface area (Å²) in [5, 5.41) is 19.3. The van der Waals surface area contributed by atoms with Crippen molar-refractivity contribution in [1.29, 1.82) is 0 Å². The van der Waals surface area contributed by atoms with Gasteiger partial charge >= 0.3 is 5.69 Å². The molecule has 4 aromatic rings. The van der Waals surface area contributed by atoms with Gasteiger partial charge in [0, 0.05) is 18.2 Å². The molecule has 0 bridgehead atoms. The number of carbonyl (C=O) groups excluding carboxylic acids is 1. The SMILES string of the molecule is O=C(CO)c1ccc(Cn2c(=O)n(CCc3ccccc3)c(=O)c3ccc(O)cc32)cc1. The lowest BCUT2D eigenvalue weighted by molar-refractivity contribution is 0.0903. The molecule has 0 spiro atoms. The van der Waals surface area contributed by atoms with E-state index in [1.165, 1.54) is 27.3 Å². The number of hydrogen-bond donors (Lipinski definition) is 2. The summed E-state index contributed by atoms with van der Waals surface area (Å²) in [6.45, 7) is -0.199. The first-order chi connectivity index (χ1) is 15.5. The summed E-state index contributed by atoms with van der Waals surface area (Å²) >= 11 is 0. The molecule has 0 radical (unpaired) electrons. The van der Waals surface area contributed by atoms with E-state index in [4.69, 9.17) is 5.11 Å². The van der Waals surface area contributed by atoms with Crippen molar-refractivity contribution in [2.45, 2.75) is 19.5 Å². The van der Waals surface area contributed by atoms with E-state index in [-0.39, 0.29) is 18.8 Å². The first kappa shape index (κ1) is 21.3. The lowest BCUT2D eigenvalue weighted by Gasteiger charge is -2.15. The zero-order valence-electron chi connectivity index (χ0n) is 17.3. The van der Waals surface area contributed by atoms with Crippen LogP contribution in [0.4, 0.5) is 0 Å². The van der Waals surface area contributed by atoms with Gasteiger partial charge in [-0.05, 0) is 29.7 Å². The largest absolute Gasteiger partial charge is 0.508 e. The van der Waals surface area contributed by atoms with Gasteiger partial charge in [-0.3, -0.25) is 18.7 Å². The minimum Gasteiger partial charge on any atom is -0.508 e. The number of aromatic hydroxyl groups is 1. The summed E-state index contributed by atoms with van der Waals surface area (Å²) in [6.07, 6.45) is 0.525. The van der Waals surface area contributed by atoms with Crippen LogP contribution in [0.2, 0.25) is 0 Å². The Morgan fingerprint density at radius 2 is 1.56 bits per heavy atom. The number of carbonyl (C=O) groups is 1. The maximum Gasteiger partial charge on any atom is 0.331 e. The number of aromatic nitrogens is 2. The number of aryl methyl sites for hydroxylation is 1. The summed E-state index contributed by atoms with van der Waals surface area (Å²) in [5.74, 6) is -0.436. The van der Waals surface area contributed by atoms with Crippen LogP contribution in [0.25, 0.3) is 10.9 Å². The van der Waals surface area contributed by atoms with Crippen molar-refractivity contribution in [2.24, 2.45) is 0 Å². The van der Waals surface area contributed by atoms with Crippen LogP contribution < -0.4 is 11.2 Å². The molecule has 0 saturated carbocycles. The number of aliphatic hydroxyl groups is 1. The molecule has 0 unspecified atom stereocenters. The maximum atomic E-state index is 13.3. The summed E-state index contributed by atoms with van der Waals surface area (Å²) in [7, 11) is 0. The Labute approximate surface area is 183 Å². The number of Topliss-reactive ketones (excluding diaryl/α,β-unsaturated/α-hetero) is 1. The van der Waals surface area contributed by atoms with Gasteiger partial charge in [-0.1, -0.05) is 54.6 Å². The van der Waals surface area contributed by atoms with Gasteiger partial charge in [0.05, 0.1) is 17.4 Å². The molecular weight excluding hydrogens is 408 g/mol. The Kier molecular flexibility index (Phi) is 6.00. The fourth-order valence-corrected chi connectivity index (χ4v) is 3.71. The molecule has 7 nitrogen and oxygen atoms in total. The van der Waals surface area contributed by atoms with Gasteiger partial charge in [-0.25, -0.2) is 4.79 Å². The third-order valence-electron chi connectivity index (χ3n) is 5.44. The van der Waals surface area contributed by atoms with Gasteiger partial charge in [0.2, 0.25) is 0 Å². The van der Waals surface area contributed by atoms with Crippen molar-refractivity contribution >= 4 is 16.7 Å². The fraction of sp³-hybridized carbons (Fsp3) is 0.160. The zero-order valence-corrected chi connectivity index (χ0v) is 17.3. The number of benzene rings is 3. The molecule has 0 saturated heterocycles. The van der Waals surface area contributed by atoms with Crippen molar-refractivity contribution in [3.63, 3.8) is 0 Å². The molecule has 1 heterocycles. The summed E-state index contributed by atoms with van der Waals surface area (Å²) in [6, 6.07) is 20.5. The molecule has 0 aliphatic carbocycles. The highest BCUT2D eigenvalue weighted by molar-refractivity contribution is 5.96. The Hall–Kier alpha value is -3.97. The zero-order chi connectivity index (χ0) is 22.7. The van der Waals surface area contributed by atoms with E-state index in [9.17, 15) is 19.5 Å². The smallest absolute Gasteiger partial charge is 0.331 e. The highest BCUT2D eigenvalue weighted by atomic mass is 16.3. The van der Waals surface area contributed by atoms with Crippen molar-refractivity contribution in [1.82, 2.24) is 9.13 Å². The number of phenolic OH excluding ortho intramolecular Hbond substituents is 1. The van der Waals surface area contributed by atoms with Crippen LogP contribution in [-0.4, -0.2) is 31.7 Å². The third-order valence-corrected chi connectivity index (χ3v) is 5.44. The molecule has 2 N–H and O–H groups in total. The molecule has 32 heavy (non-hydrogen) atoms.